The Bertz CT molecular complexity index is 865. The summed E-state index contributed by atoms with van der Waals surface area (Å²) >= 11 is 0. The fourth-order valence-electron chi connectivity index (χ4n) is 3.14. The zero-order valence-corrected chi connectivity index (χ0v) is 14.2. The van der Waals surface area contributed by atoms with Crippen molar-refractivity contribution in [2.24, 2.45) is 5.92 Å². The van der Waals surface area contributed by atoms with E-state index in [1.807, 2.05) is 18.2 Å². The highest BCUT2D eigenvalue weighted by Gasteiger charge is 2.37. The number of aromatic nitrogens is 4. The lowest BCUT2D eigenvalue weighted by molar-refractivity contribution is 0.240. The number of benzene rings is 1. The van der Waals surface area contributed by atoms with E-state index >= 15 is 0 Å². The van der Waals surface area contributed by atoms with Crippen molar-refractivity contribution in [1.82, 2.24) is 30.4 Å². The van der Waals surface area contributed by atoms with Gasteiger partial charge < -0.3 is 10.6 Å². The van der Waals surface area contributed by atoms with Gasteiger partial charge in [0.15, 0.2) is 5.82 Å². The molecule has 2 atom stereocenters. The fraction of sp³-hybridized carbons (Fsp3) is 0.263. The number of pyridine rings is 1. The molecule has 4 rings (SSSR count). The summed E-state index contributed by atoms with van der Waals surface area (Å²) < 4.78 is 1.59. The van der Waals surface area contributed by atoms with E-state index in [0.717, 1.165) is 12.0 Å². The Morgan fingerprint density at radius 3 is 2.85 bits per heavy atom. The van der Waals surface area contributed by atoms with Gasteiger partial charge in [-0.1, -0.05) is 36.4 Å². The van der Waals surface area contributed by atoms with Gasteiger partial charge in [0.25, 0.3) is 0 Å². The maximum atomic E-state index is 12.1. The normalized spacial score (nSPS) is 18.3. The first-order valence-electron chi connectivity index (χ1n) is 8.67. The average Bonchev–Trinajstić information content (AvgIpc) is 3.27. The van der Waals surface area contributed by atoms with Crippen LogP contribution in [0.25, 0.3) is 5.82 Å². The Kier molecular flexibility index (Phi) is 4.59. The molecule has 132 valence electrons. The van der Waals surface area contributed by atoms with Gasteiger partial charge in [-0.15, -0.1) is 0 Å². The summed E-state index contributed by atoms with van der Waals surface area (Å²) in [6, 6.07) is 14.0. The molecular weight excluding hydrogens is 328 g/mol. The monoisotopic (exact) mass is 348 g/mol. The summed E-state index contributed by atoms with van der Waals surface area (Å²) in [6.45, 7) is 1.07. The molecule has 0 saturated heterocycles. The Morgan fingerprint density at radius 1 is 1.15 bits per heavy atom. The number of urea groups is 1. The van der Waals surface area contributed by atoms with Crippen LogP contribution in [0.2, 0.25) is 0 Å². The summed E-state index contributed by atoms with van der Waals surface area (Å²) in [5.41, 5.74) is 2.23. The smallest absolute Gasteiger partial charge is 0.315 e. The van der Waals surface area contributed by atoms with Gasteiger partial charge in [-0.3, -0.25) is 0 Å². The van der Waals surface area contributed by atoms with Crippen LogP contribution in [0.5, 0.6) is 0 Å². The number of carbonyl (C=O) groups is 1. The summed E-state index contributed by atoms with van der Waals surface area (Å²) in [7, 11) is 0. The van der Waals surface area contributed by atoms with Crippen LogP contribution in [0.3, 0.4) is 0 Å². The Morgan fingerprint density at radius 2 is 2.04 bits per heavy atom. The number of carbonyl (C=O) groups excluding carboxylic acids is 1. The van der Waals surface area contributed by atoms with E-state index < -0.39 is 0 Å². The average molecular weight is 348 g/mol. The molecule has 2 heterocycles. The number of nitrogens with one attached hydrogen (secondary N) is 2. The van der Waals surface area contributed by atoms with Gasteiger partial charge in [-0.05, 0) is 29.9 Å². The van der Waals surface area contributed by atoms with Gasteiger partial charge in [-0.2, -0.15) is 5.10 Å². The van der Waals surface area contributed by atoms with E-state index in [1.54, 1.807) is 17.2 Å². The van der Waals surface area contributed by atoms with Crippen LogP contribution in [0.15, 0.2) is 61.3 Å². The second-order valence-corrected chi connectivity index (χ2v) is 6.40. The van der Waals surface area contributed by atoms with Crippen LogP contribution < -0.4 is 10.6 Å². The van der Waals surface area contributed by atoms with Crippen LogP contribution in [0.1, 0.15) is 23.5 Å². The van der Waals surface area contributed by atoms with Crippen molar-refractivity contribution in [2.75, 3.05) is 6.54 Å². The molecule has 26 heavy (non-hydrogen) atoms. The molecule has 2 amide bonds. The molecule has 1 aromatic carbocycles. The van der Waals surface area contributed by atoms with Crippen molar-refractivity contribution in [3.63, 3.8) is 0 Å². The van der Waals surface area contributed by atoms with Crippen molar-refractivity contribution in [3.8, 4) is 5.82 Å². The minimum atomic E-state index is -0.169. The van der Waals surface area contributed by atoms with Crippen LogP contribution in [-0.4, -0.2) is 32.3 Å². The predicted octanol–water partition coefficient (Wildman–Crippen LogP) is 2.27. The van der Waals surface area contributed by atoms with Gasteiger partial charge in [0.2, 0.25) is 0 Å². The molecular formula is C19H20N6O. The van der Waals surface area contributed by atoms with Crippen molar-refractivity contribution >= 4 is 6.03 Å². The summed E-state index contributed by atoms with van der Waals surface area (Å²) in [6.07, 6.45) is 5.86. The first-order chi connectivity index (χ1) is 12.8. The lowest BCUT2D eigenvalue weighted by atomic mass is 10.1. The van der Waals surface area contributed by atoms with Crippen molar-refractivity contribution in [3.05, 3.63) is 72.4 Å². The lowest BCUT2D eigenvalue weighted by Crippen LogP contribution is -2.36. The summed E-state index contributed by atoms with van der Waals surface area (Å²) in [4.78, 5) is 20.4. The highest BCUT2D eigenvalue weighted by molar-refractivity contribution is 5.74. The molecule has 0 bridgehead atoms. The Labute approximate surface area is 151 Å². The third-order valence-electron chi connectivity index (χ3n) is 4.62. The molecule has 0 radical (unpaired) electrons. The van der Waals surface area contributed by atoms with Crippen LogP contribution in [-0.2, 0) is 6.54 Å². The second-order valence-electron chi connectivity index (χ2n) is 6.40. The van der Waals surface area contributed by atoms with Gasteiger partial charge >= 0.3 is 6.03 Å². The molecule has 2 N–H and O–H groups in total. The number of rotatable bonds is 6. The molecule has 2 unspecified atom stereocenters. The highest BCUT2D eigenvalue weighted by Crippen LogP contribution is 2.46. The zero-order valence-electron chi connectivity index (χ0n) is 14.2. The number of hydrogen-bond acceptors (Lipinski definition) is 4. The fourth-order valence-corrected chi connectivity index (χ4v) is 3.14. The number of amides is 2. The SMILES string of the molecule is O=C(NCc1cccnc1-n1cncn1)NCC1CC1c1ccccc1. The standard InChI is InChI=1S/C19H20N6O/c26-19(23-11-16-9-17(16)14-5-2-1-3-6-14)22-10-15-7-4-8-21-18(15)25-13-20-12-24-25/h1-8,12-13,16-17H,9-11H2,(H2,22,23,26). The Balaban J connectivity index is 1.27. The minimum Gasteiger partial charge on any atom is -0.338 e. The predicted molar refractivity (Wildman–Crippen MR) is 96.7 cm³/mol. The lowest BCUT2D eigenvalue weighted by Gasteiger charge is -2.10. The minimum absolute atomic E-state index is 0.169. The molecule has 1 aliphatic carbocycles. The third kappa shape index (κ3) is 3.72. The molecule has 1 saturated carbocycles. The molecule has 7 heteroatoms. The van der Waals surface area contributed by atoms with Crippen LogP contribution in [0.4, 0.5) is 4.79 Å². The maximum absolute atomic E-state index is 12.1. The third-order valence-corrected chi connectivity index (χ3v) is 4.62. The van der Waals surface area contributed by atoms with Gasteiger partial charge in [0, 0.05) is 24.8 Å². The molecule has 0 spiro atoms. The summed E-state index contributed by atoms with van der Waals surface area (Å²) in [5, 5.41) is 9.94. The van der Waals surface area contributed by atoms with Crippen molar-refractivity contribution in [2.45, 2.75) is 18.9 Å². The van der Waals surface area contributed by atoms with E-state index in [4.69, 9.17) is 0 Å². The topological polar surface area (TPSA) is 84.7 Å². The highest BCUT2D eigenvalue weighted by atomic mass is 16.2. The molecule has 1 fully saturated rings. The van der Waals surface area contributed by atoms with Crippen molar-refractivity contribution in [1.29, 1.82) is 0 Å². The maximum Gasteiger partial charge on any atom is 0.315 e. The first-order valence-corrected chi connectivity index (χ1v) is 8.67. The van der Waals surface area contributed by atoms with Crippen molar-refractivity contribution < 1.29 is 4.79 Å². The van der Waals surface area contributed by atoms with Gasteiger partial charge in [0.05, 0.1) is 0 Å². The molecule has 3 aromatic rings. The largest absolute Gasteiger partial charge is 0.338 e. The van der Waals surface area contributed by atoms with E-state index in [-0.39, 0.29) is 6.03 Å². The van der Waals surface area contributed by atoms with Gasteiger partial charge in [0.1, 0.15) is 12.7 Å². The second kappa shape index (κ2) is 7.35. The molecule has 2 aromatic heterocycles. The quantitative estimate of drug-likeness (QED) is 0.716. The van der Waals surface area contributed by atoms with E-state index in [2.05, 4.69) is 50.0 Å². The van der Waals surface area contributed by atoms with Crippen LogP contribution >= 0.6 is 0 Å². The van der Waals surface area contributed by atoms with Gasteiger partial charge in [-0.25, -0.2) is 19.4 Å². The Hall–Kier alpha value is -3.22. The number of hydrogen-bond donors (Lipinski definition) is 2. The van der Waals surface area contributed by atoms with E-state index in [0.29, 0.717) is 30.7 Å². The molecule has 0 aliphatic heterocycles. The van der Waals surface area contributed by atoms with E-state index in [9.17, 15) is 4.79 Å². The number of nitrogens with zero attached hydrogens (tertiary/aromatic N) is 4. The van der Waals surface area contributed by atoms with Crippen LogP contribution in [0, 0.1) is 5.92 Å². The van der Waals surface area contributed by atoms with E-state index in [1.165, 1.54) is 11.9 Å². The molecule has 1 aliphatic rings. The summed E-state index contributed by atoms with van der Waals surface area (Å²) in [5.74, 6) is 1.75. The zero-order chi connectivity index (χ0) is 17.8. The molecule has 7 nitrogen and oxygen atoms in total. The first kappa shape index (κ1) is 16.3.